The molecule has 0 spiro atoms. The maximum Gasteiger partial charge on any atom is 0.338 e. The number of aryl methyl sites for hydroxylation is 2. The molecular weight excluding hydrogens is 406 g/mol. The normalized spacial score (nSPS) is 13.0. The number of carbonyl (C=O) groups is 3. The Bertz CT molecular complexity index is 968. The van der Waals surface area contributed by atoms with Crippen LogP contribution in [0.2, 0.25) is 0 Å². The first kappa shape index (κ1) is 23.5. The van der Waals surface area contributed by atoms with Crippen LogP contribution in [0.1, 0.15) is 47.7 Å². The van der Waals surface area contributed by atoms with Crippen molar-refractivity contribution >= 4 is 29.2 Å². The zero-order chi connectivity index (χ0) is 23.1. The van der Waals surface area contributed by atoms with Crippen LogP contribution in [0, 0.1) is 13.8 Å². The second-order valence-corrected chi connectivity index (χ2v) is 8.16. The average molecular weight is 438 g/mol. The van der Waals surface area contributed by atoms with Gasteiger partial charge < -0.3 is 15.4 Å². The lowest BCUT2D eigenvalue weighted by molar-refractivity contribution is -0.119. The van der Waals surface area contributed by atoms with Crippen LogP contribution in [0.15, 0.2) is 42.5 Å². The molecule has 0 unspecified atom stereocenters. The molecule has 0 radical (unpaired) electrons. The molecular formula is C25H31N3O4. The number of nitrogens with one attached hydrogen (secondary N) is 2. The van der Waals surface area contributed by atoms with Crippen LogP contribution in [0.5, 0.6) is 0 Å². The van der Waals surface area contributed by atoms with E-state index in [9.17, 15) is 14.4 Å². The predicted molar refractivity (Wildman–Crippen MR) is 125 cm³/mol. The van der Waals surface area contributed by atoms with E-state index >= 15 is 0 Å². The van der Waals surface area contributed by atoms with Crippen LogP contribution < -0.4 is 10.6 Å². The van der Waals surface area contributed by atoms with Crippen molar-refractivity contribution in [3.05, 3.63) is 59.2 Å². The van der Waals surface area contributed by atoms with Gasteiger partial charge >= 0.3 is 5.97 Å². The molecule has 0 bridgehead atoms. The summed E-state index contributed by atoms with van der Waals surface area (Å²) in [6, 6.07) is 13.0. The van der Waals surface area contributed by atoms with Gasteiger partial charge in [0.15, 0.2) is 0 Å². The Hall–Kier alpha value is -3.19. The summed E-state index contributed by atoms with van der Waals surface area (Å²) in [5, 5.41) is 5.84. The molecule has 7 nitrogen and oxygen atoms in total. The van der Waals surface area contributed by atoms with Gasteiger partial charge in [0.05, 0.1) is 18.7 Å². The summed E-state index contributed by atoms with van der Waals surface area (Å²) in [7, 11) is 0. The summed E-state index contributed by atoms with van der Waals surface area (Å²) in [5.74, 6) is -0.584. The van der Waals surface area contributed by atoms with Crippen molar-refractivity contribution in [2.24, 2.45) is 0 Å². The lowest BCUT2D eigenvalue weighted by Crippen LogP contribution is -2.37. The molecule has 7 heteroatoms. The maximum absolute atomic E-state index is 12.6. The Morgan fingerprint density at radius 2 is 1.72 bits per heavy atom. The van der Waals surface area contributed by atoms with E-state index in [0.717, 1.165) is 29.7 Å². The Morgan fingerprint density at radius 1 is 1.00 bits per heavy atom. The van der Waals surface area contributed by atoms with Gasteiger partial charge in [0.1, 0.15) is 0 Å². The molecule has 0 saturated heterocycles. The molecule has 1 aliphatic carbocycles. The number of nitrogens with zero attached hydrogens (tertiary/aromatic N) is 1. The highest BCUT2D eigenvalue weighted by Gasteiger charge is 2.30. The number of ether oxygens (including phenoxy) is 1. The molecule has 0 aliphatic heterocycles. The molecule has 0 aromatic heterocycles. The molecule has 0 heterocycles. The topological polar surface area (TPSA) is 87.7 Å². The summed E-state index contributed by atoms with van der Waals surface area (Å²) in [5.41, 5.74) is 4.01. The Kier molecular flexibility index (Phi) is 8.00. The Morgan fingerprint density at radius 3 is 2.38 bits per heavy atom. The van der Waals surface area contributed by atoms with Crippen LogP contribution in [-0.4, -0.2) is 48.4 Å². The van der Waals surface area contributed by atoms with E-state index in [-0.39, 0.29) is 30.7 Å². The highest BCUT2D eigenvalue weighted by Crippen LogP contribution is 2.27. The van der Waals surface area contributed by atoms with Gasteiger partial charge in [-0.2, -0.15) is 0 Å². The quantitative estimate of drug-likeness (QED) is 0.550. The van der Waals surface area contributed by atoms with Crippen molar-refractivity contribution in [1.82, 2.24) is 4.90 Å². The number of carbonyl (C=O) groups excluding carboxylic acids is 3. The van der Waals surface area contributed by atoms with Crippen LogP contribution in [-0.2, 0) is 14.3 Å². The van der Waals surface area contributed by atoms with E-state index in [4.69, 9.17) is 4.74 Å². The minimum Gasteiger partial charge on any atom is -0.462 e. The van der Waals surface area contributed by atoms with E-state index in [2.05, 4.69) is 15.5 Å². The number of hydrogen-bond acceptors (Lipinski definition) is 5. The Balaban J connectivity index is 1.49. The first-order valence-corrected chi connectivity index (χ1v) is 11.0. The van der Waals surface area contributed by atoms with Crippen molar-refractivity contribution < 1.29 is 19.1 Å². The lowest BCUT2D eigenvalue weighted by Gasteiger charge is -2.21. The smallest absolute Gasteiger partial charge is 0.338 e. The van der Waals surface area contributed by atoms with Crippen molar-refractivity contribution in [1.29, 1.82) is 0 Å². The number of rotatable bonds is 10. The van der Waals surface area contributed by atoms with Crippen molar-refractivity contribution in [2.75, 3.05) is 30.3 Å². The standard InChI is InChI=1S/C25H31N3O4/c1-4-32-25(31)19-7-9-20(10-8-19)26-23(29)13-14-28(21-11-12-21)16-24(30)27-22-15-17(2)5-6-18(22)3/h5-10,15,21H,4,11-14,16H2,1-3H3,(H,26,29)(H,27,30). The second kappa shape index (κ2) is 10.9. The molecule has 2 amide bonds. The van der Waals surface area contributed by atoms with Crippen LogP contribution >= 0.6 is 0 Å². The summed E-state index contributed by atoms with van der Waals surface area (Å²) < 4.78 is 4.96. The van der Waals surface area contributed by atoms with Gasteiger partial charge in [-0.1, -0.05) is 12.1 Å². The number of esters is 1. The molecule has 2 N–H and O–H groups in total. The zero-order valence-electron chi connectivity index (χ0n) is 18.9. The molecule has 1 aliphatic rings. The van der Waals surface area contributed by atoms with Gasteiger partial charge in [-0.15, -0.1) is 0 Å². The third kappa shape index (κ3) is 6.92. The molecule has 2 aromatic carbocycles. The molecule has 0 atom stereocenters. The molecule has 170 valence electrons. The third-order valence-electron chi connectivity index (χ3n) is 5.38. The minimum atomic E-state index is -0.385. The molecule has 1 fully saturated rings. The number of hydrogen-bond donors (Lipinski definition) is 2. The highest BCUT2D eigenvalue weighted by molar-refractivity contribution is 5.94. The first-order chi connectivity index (χ1) is 15.4. The SMILES string of the molecule is CCOC(=O)c1ccc(NC(=O)CCN(CC(=O)Nc2cc(C)ccc2C)C2CC2)cc1. The second-order valence-electron chi connectivity index (χ2n) is 8.16. The zero-order valence-corrected chi connectivity index (χ0v) is 18.9. The largest absolute Gasteiger partial charge is 0.462 e. The fourth-order valence-corrected chi connectivity index (χ4v) is 3.45. The van der Waals surface area contributed by atoms with Gasteiger partial charge in [-0.25, -0.2) is 4.79 Å². The number of anilines is 2. The van der Waals surface area contributed by atoms with E-state index in [1.165, 1.54) is 0 Å². The lowest BCUT2D eigenvalue weighted by atomic mass is 10.1. The fourth-order valence-electron chi connectivity index (χ4n) is 3.45. The van der Waals surface area contributed by atoms with Crippen molar-refractivity contribution in [3.63, 3.8) is 0 Å². The van der Waals surface area contributed by atoms with Gasteiger partial charge in [0, 0.05) is 30.4 Å². The summed E-state index contributed by atoms with van der Waals surface area (Å²) in [6.45, 7) is 6.81. The monoisotopic (exact) mass is 437 g/mol. The van der Waals surface area contributed by atoms with Crippen LogP contribution in [0.4, 0.5) is 11.4 Å². The predicted octanol–water partition coefficient (Wildman–Crippen LogP) is 3.91. The summed E-state index contributed by atoms with van der Waals surface area (Å²) in [6.07, 6.45) is 2.38. The fraction of sp³-hybridized carbons (Fsp3) is 0.400. The molecule has 1 saturated carbocycles. The molecule has 32 heavy (non-hydrogen) atoms. The third-order valence-corrected chi connectivity index (χ3v) is 5.38. The number of benzene rings is 2. The van der Waals surface area contributed by atoms with E-state index in [0.29, 0.717) is 30.4 Å². The molecule has 2 aromatic rings. The highest BCUT2D eigenvalue weighted by atomic mass is 16.5. The average Bonchev–Trinajstić information content (AvgIpc) is 3.60. The van der Waals surface area contributed by atoms with Crippen LogP contribution in [0.25, 0.3) is 0 Å². The first-order valence-electron chi connectivity index (χ1n) is 11.0. The van der Waals surface area contributed by atoms with E-state index in [1.807, 2.05) is 32.0 Å². The minimum absolute atomic E-state index is 0.0689. The summed E-state index contributed by atoms with van der Waals surface area (Å²) >= 11 is 0. The van der Waals surface area contributed by atoms with Gasteiger partial charge in [0.25, 0.3) is 0 Å². The van der Waals surface area contributed by atoms with Gasteiger partial charge in [-0.05, 0) is 75.1 Å². The van der Waals surface area contributed by atoms with Gasteiger partial charge in [0.2, 0.25) is 11.8 Å². The van der Waals surface area contributed by atoms with E-state index < -0.39 is 0 Å². The summed E-state index contributed by atoms with van der Waals surface area (Å²) in [4.78, 5) is 38.8. The number of amides is 2. The van der Waals surface area contributed by atoms with Crippen molar-refractivity contribution in [2.45, 2.75) is 46.1 Å². The van der Waals surface area contributed by atoms with Gasteiger partial charge in [-0.3, -0.25) is 14.5 Å². The Labute approximate surface area is 189 Å². The molecule has 3 rings (SSSR count). The van der Waals surface area contributed by atoms with E-state index in [1.54, 1.807) is 31.2 Å². The maximum atomic E-state index is 12.6. The van der Waals surface area contributed by atoms with Crippen LogP contribution in [0.3, 0.4) is 0 Å². The van der Waals surface area contributed by atoms with Crippen molar-refractivity contribution in [3.8, 4) is 0 Å².